The zero-order valence-corrected chi connectivity index (χ0v) is 26.5. The molecular formula is C33H46N6O6. The Morgan fingerprint density at radius 3 is 2.13 bits per heavy atom. The minimum Gasteiger partial charge on any atom is -0.445 e. The molecule has 0 bridgehead atoms. The molecular weight excluding hydrogens is 576 g/mol. The number of hydrogen-bond donors (Lipinski definition) is 5. The molecule has 0 aromatic heterocycles. The van der Waals surface area contributed by atoms with Gasteiger partial charge in [0.05, 0.1) is 0 Å². The Kier molecular flexibility index (Phi) is 15.3. The fourth-order valence-corrected chi connectivity index (χ4v) is 4.67. The van der Waals surface area contributed by atoms with Crippen molar-refractivity contribution in [2.75, 3.05) is 26.0 Å². The number of hydrogen-bond acceptors (Lipinski definition) is 7. The van der Waals surface area contributed by atoms with Crippen LogP contribution in [-0.4, -0.2) is 73.4 Å². The number of nitrogens with two attached hydrogens (primary N) is 1. The zero-order valence-electron chi connectivity index (χ0n) is 26.5. The quantitative estimate of drug-likeness (QED) is 0.133. The van der Waals surface area contributed by atoms with Gasteiger partial charge in [-0.05, 0) is 61.1 Å². The zero-order chi connectivity index (χ0) is 33.4. The van der Waals surface area contributed by atoms with Crippen molar-refractivity contribution in [3.8, 4) is 0 Å². The Morgan fingerprint density at radius 2 is 1.56 bits per heavy atom. The average molecular weight is 623 g/mol. The van der Waals surface area contributed by atoms with Crippen LogP contribution in [0, 0.1) is 5.92 Å². The predicted molar refractivity (Wildman–Crippen MR) is 173 cm³/mol. The monoisotopic (exact) mass is 622 g/mol. The molecule has 0 fully saturated rings. The highest BCUT2D eigenvalue weighted by Crippen LogP contribution is 2.15. The van der Waals surface area contributed by atoms with E-state index in [2.05, 4.69) is 27.8 Å². The van der Waals surface area contributed by atoms with E-state index in [1.807, 2.05) is 44.2 Å². The van der Waals surface area contributed by atoms with Gasteiger partial charge in [0.2, 0.25) is 23.6 Å². The average Bonchev–Trinajstić information content (AvgIpc) is 3.03. The standard InChI is InChI=1S/C33H46N6O6/c1-6-28(40)37-27(20-23-12-8-7-9-13-23)31(42)38-26(14-10-11-19-34)30(41)36-25-17-15-24(16-18-25)21-45-33(44)39(5)29(22(2)3)32(43)35-4/h6-9,12-13,15-18,22,26-27,29H,1,10-11,14,19-21,34H2,2-5H3,(H,35,43)(H,36,41)(H,37,40)(H,38,42)/t26-,27-,29+/m1/s1. The lowest BCUT2D eigenvalue weighted by atomic mass is 10.0. The van der Waals surface area contributed by atoms with Gasteiger partial charge in [0.15, 0.2) is 0 Å². The Balaban J connectivity index is 2.07. The summed E-state index contributed by atoms with van der Waals surface area (Å²) in [6.45, 7) is 7.56. The second-order valence-corrected chi connectivity index (χ2v) is 11.0. The van der Waals surface area contributed by atoms with E-state index in [-0.39, 0.29) is 24.9 Å². The Hall–Kier alpha value is -4.71. The number of carbonyl (C=O) groups excluding carboxylic acids is 5. The molecule has 0 aliphatic heterocycles. The van der Waals surface area contributed by atoms with Crippen molar-refractivity contribution in [1.29, 1.82) is 0 Å². The van der Waals surface area contributed by atoms with Crippen molar-refractivity contribution in [1.82, 2.24) is 20.9 Å². The van der Waals surface area contributed by atoms with E-state index in [4.69, 9.17) is 10.5 Å². The van der Waals surface area contributed by atoms with Crippen LogP contribution in [0.5, 0.6) is 0 Å². The Morgan fingerprint density at radius 1 is 0.889 bits per heavy atom. The molecule has 5 amide bonds. The summed E-state index contributed by atoms with van der Waals surface area (Å²) in [7, 11) is 3.03. The molecule has 0 saturated carbocycles. The lowest BCUT2D eigenvalue weighted by molar-refractivity contribution is -0.130. The first-order chi connectivity index (χ1) is 21.5. The molecule has 0 heterocycles. The maximum atomic E-state index is 13.3. The maximum absolute atomic E-state index is 13.3. The number of nitrogens with one attached hydrogen (secondary N) is 4. The van der Waals surface area contributed by atoms with Crippen molar-refractivity contribution >= 4 is 35.4 Å². The highest BCUT2D eigenvalue weighted by atomic mass is 16.6. The highest BCUT2D eigenvalue weighted by molar-refractivity contribution is 5.99. The number of benzene rings is 2. The summed E-state index contributed by atoms with van der Waals surface area (Å²) in [6.07, 6.45) is 2.30. The molecule has 0 unspecified atom stereocenters. The summed E-state index contributed by atoms with van der Waals surface area (Å²) < 4.78 is 5.40. The number of amides is 5. The lowest BCUT2D eigenvalue weighted by Crippen LogP contribution is -2.53. The minimum atomic E-state index is -0.920. The molecule has 0 saturated heterocycles. The number of rotatable bonds is 17. The van der Waals surface area contributed by atoms with Crippen LogP contribution in [0.2, 0.25) is 0 Å². The Bertz CT molecular complexity index is 1280. The van der Waals surface area contributed by atoms with E-state index in [9.17, 15) is 24.0 Å². The second kappa shape index (κ2) is 18.8. The molecule has 45 heavy (non-hydrogen) atoms. The van der Waals surface area contributed by atoms with Gasteiger partial charge >= 0.3 is 6.09 Å². The van der Waals surface area contributed by atoms with E-state index in [0.29, 0.717) is 37.1 Å². The van der Waals surface area contributed by atoms with Crippen LogP contribution in [0.1, 0.15) is 44.2 Å². The van der Waals surface area contributed by atoms with Gasteiger partial charge in [0.1, 0.15) is 24.7 Å². The van der Waals surface area contributed by atoms with Crippen LogP contribution in [0.4, 0.5) is 10.5 Å². The number of anilines is 1. The lowest BCUT2D eigenvalue weighted by Gasteiger charge is -2.28. The molecule has 244 valence electrons. The third-order valence-corrected chi connectivity index (χ3v) is 7.12. The van der Waals surface area contributed by atoms with Crippen molar-refractivity contribution in [2.24, 2.45) is 11.7 Å². The third-order valence-electron chi connectivity index (χ3n) is 7.12. The van der Waals surface area contributed by atoms with Crippen molar-refractivity contribution < 1.29 is 28.7 Å². The van der Waals surface area contributed by atoms with Crippen molar-refractivity contribution in [3.63, 3.8) is 0 Å². The van der Waals surface area contributed by atoms with Gasteiger partial charge in [-0.1, -0.05) is 62.9 Å². The topological polar surface area (TPSA) is 172 Å². The summed E-state index contributed by atoms with van der Waals surface area (Å²) in [6, 6.07) is 13.5. The largest absolute Gasteiger partial charge is 0.445 e. The van der Waals surface area contributed by atoms with E-state index in [0.717, 1.165) is 11.6 Å². The number of ether oxygens (including phenoxy) is 1. The Labute approximate surface area is 265 Å². The van der Waals surface area contributed by atoms with E-state index in [1.54, 1.807) is 24.3 Å². The molecule has 0 aliphatic rings. The SMILES string of the molecule is C=CC(=O)N[C@H](Cc1ccccc1)C(=O)N[C@H](CCCCN)C(=O)Nc1ccc(COC(=O)N(C)[C@H](C(=O)NC)C(C)C)cc1. The van der Waals surface area contributed by atoms with Crippen molar-refractivity contribution in [2.45, 2.75) is 64.3 Å². The van der Waals surface area contributed by atoms with E-state index < -0.39 is 41.9 Å². The molecule has 2 rings (SSSR count). The normalized spacial score (nSPS) is 12.7. The van der Waals surface area contributed by atoms with Gasteiger partial charge < -0.3 is 31.7 Å². The van der Waals surface area contributed by atoms with Crippen LogP contribution < -0.4 is 27.0 Å². The van der Waals surface area contributed by atoms with Crippen LogP contribution >= 0.6 is 0 Å². The van der Waals surface area contributed by atoms with Crippen LogP contribution in [0.25, 0.3) is 0 Å². The van der Waals surface area contributed by atoms with Gasteiger partial charge in [0.25, 0.3) is 0 Å². The summed E-state index contributed by atoms with van der Waals surface area (Å²) in [5.74, 6) is -1.83. The fraction of sp³-hybridized carbons (Fsp3) is 0.424. The van der Waals surface area contributed by atoms with Crippen molar-refractivity contribution in [3.05, 3.63) is 78.4 Å². The molecule has 0 spiro atoms. The molecule has 3 atom stereocenters. The van der Waals surface area contributed by atoms with E-state index in [1.165, 1.54) is 19.0 Å². The second-order valence-electron chi connectivity index (χ2n) is 11.0. The molecule has 12 nitrogen and oxygen atoms in total. The summed E-state index contributed by atoms with van der Waals surface area (Å²) in [4.78, 5) is 64.8. The minimum absolute atomic E-state index is 0.0348. The number of carbonyl (C=O) groups is 5. The third kappa shape index (κ3) is 12.1. The van der Waals surface area contributed by atoms with Gasteiger partial charge in [-0.3, -0.25) is 24.1 Å². The first-order valence-corrected chi connectivity index (χ1v) is 15.0. The van der Waals surface area contributed by atoms with Crippen LogP contribution in [0.3, 0.4) is 0 Å². The van der Waals surface area contributed by atoms with Gasteiger partial charge in [-0.25, -0.2) is 4.79 Å². The molecule has 0 aliphatic carbocycles. The smallest absolute Gasteiger partial charge is 0.410 e. The molecule has 0 radical (unpaired) electrons. The summed E-state index contributed by atoms with van der Waals surface area (Å²) in [5.41, 5.74) is 7.64. The number of unbranched alkanes of at least 4 members (excludes halogenated alkanes) is 1. The first-order valence-electron chi connectivity index (χ1n) is 15.0. The fourth-order valence-electron chi connectivity index (χ4n) is 4.67. The van der Waals surface area contributed by atoms with Gasteiger partial charge in [-0.15, -0.1) is 0 Å². The summed E-state index contributed by atoms with van der Waals surface area (Å²) in [5, 5.41) is 10.8. The first kappa shape index (κ1) is 36.5. The van der Waals surface area contributed by atoms with E-state index >= 15 is 0 Å². The molecule has 12 heteroatoms. The highest BCUT2D eigenvalue weighted by Gasteiger charge is 2.30. The van der Waals surface area contributed by atoms with Gasteiger partial charge in [0, 0.05) is 26.2 Å². The number of nitrogens with zero attached hydrogens (tertiary/aromatic N) is 1. The van der Waals surface area contributed by atoms with Crippen LogP contribution in [0.15, 0.2) is 67.3 Å². The maximum Gasteiger partial charge on any atom is 0.410 e. The number of likely N-dealkylation sites (N-methyl/N-ethyl adjacent to an activating group) is 2. The molecule has 2 aromatic rings. The van der Waals surface area contributed by atoms with Gasteiger partial charge in [-0.2, -0.15) is 0 Å². The predicted octanol–water partition coefficient (Wildman–Crippen LogP) is 2.49. The molecule has 2 aromatic carbocycles. The summed E-state index contributed by atoms with van der Waals surface area (Å²) >= 11 is 0. The molecule has 6 N–H and O–H groups in total. The van der Waals surface area contributed by atoms with Crippen LogP contribution in [-0.2, 0) is 36.9 Å².